The number of benzene rings is 7. The van der Waals surface area contributed by atoms with Crippen LogP contribution in [0.15, 0.2) is 187 Å². The van der Waals surface area contributed by atoms with Crippen LogP contribution >= 0.6 is 0 Å². The molecule has 0 aromatic heterocycles. The minimum absolute atomic E-state index is 0.0131. The molecule has 1 heterocycles. The zero-order chi connectivity index (χ0) is 54.9. The van der Waals surface area contributed by atoms with Gasteiger partial charge in [-0.05, 0) is 142 Å². The maximum Gasteiger partial charge on any atom is 0.269 e. The standard InChI is InChI=1S/C64H62N4O11/c1-2-36-76-64-60(66(41-49-17-11-16-46-13-5-6-18-54(46)49)61(71)33-24-43-20-26-50(27-21-43)67(72)73)40-58(65-77-42-44-22-28-51(29-23-44)68(74)75)56-38-48(15-7-9-34-69)55(19-8-10-35-70)62(63(56)64)57-39-53(31-32-59(57)79-64)78-52-30-25-45-12-3-4-14-47(45)37-52/h2-6,11-14,16-18,20-33,37-39,48,55,60,62-63,69-70H,1,7-10,15,19,34-36,40-42H2/t48-,55+,60-,62+,63+,64+/m0/s1. The second-order valence-corrected chi connectivity index (χ2v) is 20.4. The van der Waals surface area contributed by atoms with Crippen molar-refractivity contribution in [3.05, 3.63) is 225 Å². The van der Waals surface area contributed by atoms with E-state index in [1.807, 2.05) is 91.0 Å². The number of carbonyl (C=O) groups excluding carboxylic acids is 1. The molecule has 10 rings (SSSR count). The summed E-state index contributed by atoms with van der Waals surface area (Å²) >= 11 is 0. The highest BCUT2D eigenvalue weighted by atomic mass is 16.7. The fraction of sp³-hybridized carbons (Fsp3) is 0.281. The molecule has 6 atom stereocenters. The van der Waals surface area contributed by atoms with Crippen LogP contribution in [-0.2, 0) is 27.5 Å². The van der Waals surface area contributed by atoms with Crippen molar-refractivity contribution in [2.45, 2.75) is 75.8 Å². The lowest BCUT2D eigenvalue weighted by molar-refractivity contribution is -0.385. The fourth-order valence-electron chi connectivity index (χ4n) is 11.9. The van der Waals surface area contributed by atoms with Gasteiger partial charge in [-0.25, -0.2) is 0 Å². The first-order chi connectivity index (χ1) is 38.6. The van der Waals surface area contributed by atoms with Crippen molar-refractivity contribution < 1.29 is 43.9 Å². The van der Waals surface area contributed by atoms with Gasteiger partial charge in [-0.3, -0.25) is 25.0 Å². The molecule has 15 nitrogen and oxygen atoms in total. The van der Waals surface area contributed by atoms with E-state index in [-0.39, 0.29) is 68.5 Å². The molecule has 1 saturated carbocycles. The van der Waals surface area contributed by atoms with Crippen LogP contribution in [0.5, 0.6) is 17.2 Å². The molecular weight excluding hydrogens is 1000 g/mol. The number of oxime groups is 1. The second kappa shape index (κ2) is 24.4. The zero-order valence-electron chi connectivity index (χ0n) is 43.7. The Morgan fingerprint density at radius 3 is 2.18 bits per heavy atom. The number of ether oxygens (including phenoxy) is 3. The van der Waals surface area contributed by atoms with E-state index in [4.69, 9.17) is 24.2 Å². The highest BCUT2D eigenvalue weighted by Gasteiger charge is 2.65. The van der Waals surface area contributed by atoms with Crippen molar-refractivity contribution in [2.75, 3.05) is 19.8 Å². The highest BCUT2D eigenvalue weighted by Crippen LogP contribution is 2.62. The van der Waals surface area contributed by atoms with E-state index in [2.05, 4.69) is 24.8 Å². The van der Waals surface area contributed by atoms with Crippen LogP contribution < -0.4 is 9.47 Å². The molecule has 0 unspecified atom stereocenters. The number of fused-ring (bicyclic) bond motifs is 4. The van der Waals surface area contributed by atoms with Gasteiger partial charge in [0, 0.05) is 68.0 Å². The number of nitrogens with zero attached hydrogens (tertiary/aromatic N) is 4. The molecule has 1 amide bonds. The van der Waals surface area contributed by atoms with E-state index in [0.29, 0.717) is 53.3 Å². The summed E-state index contributed by atoms with van der Waals surface area (Å²) in [7, 11) is 0. The van der Waals surface area contributed by atoms with Gasteiger partial charge < -0.3 is 34.2 Å². The van der Waals surface area contributed by atoms with E-state index >= 15 is 4.79 Å². The molecule has 404 valence electrons. The number of unbranched alkanes of at least 4 members (excludes halogenated alkanes) is 2. The van der Waals surface area contributed by atoms with Gasteiger partial charge in [-0.15, -0.1) is 6.58 Å². The van der Waals surface area contributed by atoms with Crippen LogP contribution in [0.4, 0.5) is 11.4 Å². The van der Waals surface area contributed by atoms with Gasteiger partial charge in [0.1, 0.15) is 29.9 Å². The minimum atomic E-state index is -1.61. The first-order valence-electron chi connectivity index (χ1n) is 26.9. The Balaban J connectivity index is 1.17. The molecule has 1 fully saturated rings. The summed E-state index contributed by atoms with van der Waals surface area (Å²) in [6.45, 7) is 4.29. The number of carbonyl (C=O) groups is 1. The van der Waals surface area contributed by atoms with Gasteiger partial charge in [-0.1, -0.05) is 103 Å². The summed E-state index contributed by atoms with van der Waals surface area (Å²) in [4.78, 5) is 46.0. The minimum Gasteiger partial charge on any atom is -0.459 e. The largest absolute Gasteiger partial charge is 0.459 e. The molecule has 7 aromatic carbocycles. The third kappa shape index (κ3) is 11.7. The molecule has 79 heavy (non-hydrogen) atoms. The van der Waals surface area contributed by atoms with Crippen molar-refractivity contribution in [2.24, 2.45) is 22.9 Å². The molecule has 7 aromatic rings. The number of amides is 1. The molecule has 1 aliphatic heterocycles. The van der Waals surface area contributed by atoms with Gasteiger partial charge in [0.25, 0.3) is 11.4 Å². The normalized spacial score (nSPS) is 20.7. The smallest absolute Gasteiger partial charge is 0.269 e. The highest BCUT2D eigenvalue weighted by molar-refractivity contribution is 6.03. The molecule has 0 spiro atoms. The average Bonchev–Trinajstić information content (AvgIpc) is 3.09. The first kappa shape index (κ1) is 53.9. The van der Waals surface area contributed by atoms with Crippen molar-refractivity contribution in [3.63, 3.8) is 0 Å². The number of rotatable bonds is 23. The Hall–Kier alpha value is -8.50. The molecule has 2 N–H and O–H groups in total. The number of aliphatic hydroxyl groups excluding tert-OH is 2. The Kier molecular flexibility index (Phi) is 16.7. The first-order valence-corrected chi connectivity index (χ1v) is 26.9. The van der Waals surface area contributed by atoms with Crippen LogP contribution in [0, 0.1) is 38.0 Å². The Labute approximate surface area is 458 Å². The molecule has 2 aliphatic carbocycles. The average molecular weight is 1060 g/mol. The summed E-state index contributed by atoms with van der Waals surface area (Å²) < 4.78 is 21.6. The van der Waals surface area contributed by atoms with E-state index in [1.54, 1.807) is 41.3 Å². The SMILES string of the molecule is C=CCO[C@@]12Oc3ccc(Oc4ccc5ccccc5c4)cc3[C@H]3[C@H](CCCCO)[C@@H](CCCCO)C=C(C(=NOCc4ccc([N+](=O)[O-])cc4)C[C@@H]1N(Cc1cccc4ccccc14)C(=O)C=Cc1ccc([N+](=O)[O-])cc1)[C@H]32. The van der Waals surface area contributed by atoms with Crippen LogP contribution in [0.2, 0.25) is 0 Å². The van der Waals surface area contributed by atoms with E-state index in [9.17, 15) is 30.4 Å². The van der Waals surface area contributed by atoms with Gasteiger partial charge in [-0.2, -0.15) is 0 Å². The number of aliphatic hydroxyl groups is 2. The summed E-state index contributed by atoms with van der Waals surface area (Å²) in [6, 6.07) is 45.1. The zero-order valence-corrected chi connectivity index (χ0v) is 43.7. The fourth-order valence-corrected chi connectivity index (χ4v) is 11.9. The van der Waals surface area contributed by atoms with Crippen LogP contribution in [0.1, 0.15) is 73.1 Å². The molecular formula is C64H62N4O11. The Bertz CT molecular complexity index is 3450. The van der Waals surface area contributed by atoms with Crippen LogP contribution in [-0.4, -0.2) is 68.2 Å². The maximum atomic E-state index is 15.6. The third-order valence-corrected chi connectivity index (χ3v) is 15.6. The van der Waals surface area contributed by atoms with Crippen molar-refractivity contribution in [1.82, 2.24) is 4.90 Å². The quantitative estimate of drug-likeness (QED) is 0.0203. The summed E-state index contributed by atoms with van der Waals surface area (Å²) in [5.41, 5.74) is 4.23. The monoisotopic (exact) mass is 1060 g/mol. The third-order valence-electron chi connectivity index (χ3n) is 15.6. The summed E-state index contributed by atoms with van der Waals surface area (Å²) in [6.07, 6.45) is 11.2. The molecule has 0 radical (unpaired) electrons. The molecule has 0 saturated heterocycles. The number of allylic oxidation sites excluding steroid dienone is 1. The van der Waals surface area contributed by atoms with Gasteiger partial charge in [0.15, 0.2) is 0 Å². The van der Waals surface area contributed by atoms with Crippen molar-refractivity contribution in [1.29, 1.82) is 0 Å². The molecule has 15 heteroatoms. The van der Waals surface area contributed by atoms with E-state index < -0.39 is 33.5 Å². The number of nitro benzene ring substituents is 2. The number of hydrogen-bond acceptors (Lipinski definition) is 12. The Morgan fingerprint density at radius 1 is 0.772 bits per heavy atom. The van der Waals surface area contributed by atoms with Gasteiger partial charge in [0.05, 0.1) is 28.1 Å². The lowest BCUT2D eigenvalue weighted by Gasteiger charge is -2.60. The summed E-state index contributed by atoms with van der Waals surface area (Å²) in [5.74, 6) is -1.33. The Morgan fingerprint density at radius 2 is 1.44 bits per heavy atom. The lowest BCUT2D eigenvalue weighted by Crippen LogP contribution is -2.70. The second-order valence-electron chi connectivity index (χ2n) is 20.4. The predicted molar refractivity (Wildman–Crippen MR) is 303 cm³/mol. The number of hydrogen-bond donors (Lipinski definition) is 2. The topological polar surface area (TPSA) is 196 Å². The number of nitro groups is 2. The molecule has 3 aliphatic rings. The molecule has 0 bridgehead atoms. The van der Waals surface area contributed by atoms with Crippen LogP contribution in [0.3, 0.4) is 0 Å². The predicted octanol–water partition coefficient (Wildman–Crippen LogP) is 13.2. The van der Waals surface area contributed by atoms with E-state index in [0.717, 1.165) is 57.5 Å². The summed E-state index contributed by atoms with van der Waals surface area (Å²) in [5, 5.41) is 52.5. The van der Waals surface area contributed by atoms with Gasteiger partial charge in [0.2, 0.25) is 11.7 Å². The number of non-ortho nitro benzene ring substituents is 2. The van der Waals surface area contributed by atoms with Crippen LogP contribution in [0.25, 0.3) is 27.6 Å². The lowest BCUT2D eigenvalue weighted by atomic mass is 9.55. The maximum absolute atomic E-state index is 15.6. The van der Waals surface area contributed by atoms with Crippen molar-refractivity contribution >= 4 is 50.6 Å². The van der Waals surface area contributed by atoms with Crippen molar-refractivity contribution in [3.8, 4) is 17.2 Å². The van der Waals surface area contributed by atoms with Gasteiger partial charge >= 0.3 is 0 Å². The van der Waals surface area contributed by atoms with E-state index in [1.165, 1.54) is 30.3 Å².